The Morgan fingerprint density at radius 2 is 1.78 bits per heavy atom. The Hall–Kier alpha value is 0.480. The summed E-state index contributed by atoms with van der Waals surface area (Å²) in [6.07, 6.45) is 0. The van der Waals surface area contributed by atoms with Crippen molar-refractivity contribution in [3.8, 4) is 0 Å². The lowest BCUT2D eigenvalue weighted by atomic mass is 10.7. The minimum atomic E-state index is -2.47. The van der Waals surface area contributed by atoms with Crippen molar-refractivity contribution in [2.24, 2.45) is 0 Å². The molecule has 1 atom stereocenters. The minimum absolute atomic E-state index is 0.758. The van der Waals surface area contributed by atoms with E-state index in [0.717, 1.165) is 13.1 Å². The molecule has 0 N–H and O–H groups in total. The Kier molecular flexibility index (Phi) is 3.79. The van der Waals surface area contributed by atoms with E-state index in [-0.39, 0.29) is 0 Å². The molecule has 0 fully saturated rings. The Balaban J connectivity index is 3.96. The van der Waals surface area contributed by atoms with E-state index in [4.69, 9.17) is 11.2 Å². The summed E-state index contributed by atoms with van der Waals surface area (Å²) in [6, 6.07) is 0. The van der Waals surface area contributed by atoms with Gasteiger partial charge in [-0.25, -0.2) is 4.67 Å². The third-order valence-electron chi connectivity index (χ3n) is 1.24. The van der Waals surface area contributed by atoms with Crippen LogP contribution in [0, 0.1) is 0 Å². The third-order valence-corrected chi connectivity index (χ3v) is 3.45. The van der Waals surface area contributed by atoms with Gasteiger partial charge in [0, 0.05) is 19.8 Å². The molecule has 0 aliphatic carbocycles. The summed E-state index contributed by atoms with van der Waals surface area (Å²) in [7, 11) is 0. The molecule has 56 valence electrons. The molecule has 0 aliphatic heterocycles. The van der Waals surface area contributed by atoms with Crippen molar-refractivity contribution in [2.75, 3.05) is 19.8 Å². The molecule has 0 amide bonds. The maximum absolute atomic E-state index is 11.1. The molecule has 9 heavy (non-hydrogen) atoms. The quantitative estimate of drug-likeness (QED) is 0.605. The first-order chi connectivity index (χ1) is 4.02. The van der Waals surface area contributed by atoms with Gasteiger partial charge in [0.15, 0.2) is 0 Å². The van der Waals surface area contributed by atoms with Crippen LogP contribution in [0.4, 0.5) is 0 Å². The van der Waals surface area contributed by atoms with E-state index in [2.05, 4.69) is 0 Å². The molecule has 4 heteroatoms. The summed E-state index contributed by atoms with van der Waals surface area (Å²) in [6.45, 7) is 4.51. The first-order valence-corrected chi connectivity index (χ1v) is 6.06. The van der Waals surface area contributed by atoms with Crippen molar-refractivity contribution in [3.63, 3.8) is 0 Å². The molecule has 0 aromatic carbocycles. The van der Waals surface area contributed by atoms with Crippen molar-refractivity contribution in [1.29, 1.82) is 0 Å². The van der Waals surface area contributed by atoms with E-state index in [9.17, 15) is 4.57 Å². The van der Waals surface area contributed by atoms with Crippen LogP contribution in [0.3, 0.4) is 0 Å². The summed E-state index contributed by atoms with van der Waals surface area (Å²) in [5.74, 6) is 0. The van der Waals surface area contributed by atoms with Gasteiger partial charge in [-0.05, 0) is 11.2 Å². The van der Waals surface area contributed by atoms with Gasteiger partial charge in [0.2, 0.25) is 6.65 Å². The lowest BCUT2D eigenvalue weighted by Gasteiger charge is -2.19. The number of halogens is 1. The average Bonchev–Trinajstić information content (AvgIpc) is 1.65. The van der Waals surface area contributed by atoms with Crippen molar-refractivity contribution >= 4 is 17.9 Å². The largest absolute Gasteiger partial charge is 0.289 e. The summed E-state index contributed by atoms with van der Waals surface area (Å²) < 4.78 is 12.8. The van der Waals surface area contributed by atoms with Crippen molar-refractivity contribution < 1.29 is 4.57 Å². The van der Waals surface area contributed by atoms with E-state index in [1.54, 1.807) is 11.3 Å². The molecular weight excluding hydrogens is 156 g/mol. The van der Waals surface area contributed by atoms with Gasteiger partial charge >= 0.3 is 0 Å². The molecule has 0 rings (SSSR count). The van der Waals surface area contributed by atoms with Gasteiger partial charge in [-0.15, -0.1) is 0 Å². The van der Waals surface area contributed by atoms with Gasteiger partial charge in [-0.2, -0.15) is 0 Å². The third kappa shape index (κ3) is 3.24. The van der Waals surface area contributed by atoms with Crippen LogP contribution in [0.25, 0.3) is 0 Å². The summed E-state index contributed by atoms with van der Waals surface area (Å²) in [5, 5.41) is 0. The lowest BCUT2D eigenvalue weighted by Crippen LogP contribution is -2.16. The smallest absolute Gasteiger partial charge is 0.231 e. The predicted molar refractivity (Wildman–Crippen MR) is 42.3 cm³/mol. The van der Waals surface area contributed by atoms with Gasteiger partial charge < -0.3 is 0 Å². The van der Waals surface area contributed by atoms with Gasteiger partial charge in [-0.3, -0.25) is 4.57 Å². The molecule has 0 saturated heterocycles. The van der Waals surface area contributed by atoms with Crippen molar-refractivity contribution in [1.82, 2.24) is 4.67 Å². The molecule has 0 aromatic rings. The Labute approximate surface area is 61.4 Å². The van der Waals surface area contributed by atoms with Crippen molar-refractivity contribution in [2.45, 2.75) is 13.8 Å². The molecular formula is C5H13ClNOP. The zero-order chi connectivity index (χ0) is 7.49. The average molecular weight is 170 g/mol. The fourth-order valence-electron chi connectivity index (χ4n) is 0.729. The fourth-order valence-corrected chi connectivity index (χ4v) is 2.38. The first-order valence-electron chi connectivity index (χ1n) is 3.05. The van der Waals surface area contributed by atoms with Crippen LogP contribution in [0.15, 0.2) is 0 Å². The summed E-state index contributed by atoms with van der Waals surface area (Å²) in [4.78, 5) is 0. The van der Waals surface area contributed by atoms with E-state index < -0.39 is 6.65 Å². The maximum Gasteiger partial charge on any atom is 0.231 e. The predicted octanol–water partition coefficient (Wildman–Crippen LogP) is 2.39. The zero-order valence-electron chi connectivity index (χ0n) is 6.09. The highest BCUT2D eigenvalue weighted by Crippen LogP contribution is 2.50. The second kappa shape index (κ2) is 3.60. The van der Waals surface area contributed by atoms with E-state index in [1.807, 2.05) is 13.8 Å². The zero-order valence-corrected chi connectivity index (χ0v) is 7.75. The molecule has 0 spiro atoms. The number of nitrogens with zero attached hydrogens (tertiary/aromatic N) is 1. The van der Waals surface area contributed by atoms with Gasteiger partial charge in [-0.1, -0.05) is 13.8 Å². The van der Waals surface area contributed by atoms with Gasteiger partial charge in [0.25, 0.3) is 0 Å². The van der Waals surface area contributed by atoms with E-state index >= 15 is 0 Å². The van der Waals surface area contributed by atoms with Gasteiger partial charge in [0.1, 0.15) is 0 Å². The molecule has 0 bridgehead atoms. The second-order valence-corrected chi connectivity index (χ2v) is 5.92. The van der Waals surface area contributed by atoms with Crippen LogP contribution in [0.2, 0.25) is 0 Å². The van der Waals surface area contributed by atoms with Crippen molar-refractivity contribution in [3.05, 3.63) is 0 Å². The molecule has 1 unspecified atom stereocenters. The number of rotatable bonds is 3. The van der Waals surface area contributed by atoms with Gasteiger partial charge in [0.05, 0.1) is 0 Å². The molecule has 2 nitrogen and oxygen atoms in total. The van der Waals surface area contributed by atoms with Crippen LogP contribution >= 0.6 is 17.9 Å². The van der Waals surface area contributed by atoms with Crippen LogP contribution in [-0.4, -0.2) is 24.4 Å². The normalized spacial score (nSPS) is 17.9. The molecule has 0 radical (unpaired) electrons. The van der Waals surface area contributed by atoms with Crippen LogP contribution in [0.5, 0.6) is 0 Å². The minimum Gasteiger partial charge on any atom is -0.289 e. The van der Waals surface area contributed by atoms with E-state index in [1.165, 1.54) is 0 Å². The standard InChI is InChI=1S/C5H13ClNOP/c1-4-7(5-2)9(3,6)8/h4-5H2,1-3H3. The summed E-state index contributed by atoms with van der Waals surface area (Å²) in [5.41, 5.74) is 0. The lowest BCUT2D eigenvalue weighted by molar-refractivity contribution is 0.459. The topological polar surface area (TPSA) is 20.3 Å². The van der Waals surface area contributed by atoms with Crippen LogP contribution < -0.4 is 0 Å². The molecule has 0 heterocycles. The fraction of sp³-hybridized carbons (Fsp3) is 1.00. The number of hydrogen-bond donors (Lipinski definition) is 0. The monoisotopic (exact) mass is 169 g/mol. The SMILES string of the molecule is CCN(CC)P(C)(=O)Cl. The highest BCUT2D eigenvalue weighted by atomic mass is 35.7. The number of hydrogen-bond acceptors (Lipinski definition) is 1. The molecule has 0 saturated carbocycles. The van der Waals surface area contributed by atoms with Crippen LogP contribution in [0.1, 0.15) is 13.8 Å². The highest BCUT2D eigenvalue weighted by molar-refractivity contribution is 7.86. The first kappa shape index (κ1) is 9.48. The van der Waals surface area contributed by atoms with E-state index in [0.29, 0.717) is 0 Å². The molecule has 0 aromatic heterocycles. The Bertz CT molecular complexity index is 118. The molecule has 0 aliphatic rings. The highest BCUT2D eigenvalue weighted by Gasteiger charge is 2.17. The summed E-state index contributed by atoms with van der Waals surface area (Å²) >= 11 is 5.58. The van der Waals surface area contributed by atoms with Crippen LogP contribution in [-0.2, 0) is 4.57 Å². The second-order valence-electron chi connectivity index (χ2n) is 1.92. The Morgan fingerprint density at radius 3 is 1.78 bits per heavy atom. The Morgan fingerprint density at radius 1 is 1.44 bits per heavy atom. The maximum atomic E-state index is 11.1.